The number of anilines is 1. The van der Waals surface area contributed by atoms with Gasteiger partial charge in [-0.25, -0.2) is 0 Å². The van der Waals surface area contributed by atoms with Crippen LogP contribution < -0.4 is 5.73 Å². The van der Waals surface area contributed by atoms with Crippen molar-refractivity contribution < 1.29 is 0 Å². The highest BCUT2D eigenvalue weighted by Gasteiger charge is 2.08. The predicted octanol–water partition coefficient (Wildman–Crippen LogP) is 4.17. The van der Waals surface area contributed by atoms with Crippen molar-refractivity contribution >= 4 is 5.69 Å². The number of hydrogen-bond donors (Lipinski definition) is 1. The standard InChI is InChI=1S/C16H19N/c1-10-6-5-7-11(2)16(10)14-8-12(3)13(4)15(17)9-14/h5-9H,17H2,1-4H3. The lowest BCUT2D eigenvalue weighted by atomic mass is 9.93. The lowest BCUT2D eigenvalue weighted by Gasteiger charge is -2.13. The maximum atomic E-state index is 6.06. The van der Waals surface area contributed by atoms with Gasteiger partial charge < -0.3 is 5.73 Å². The van der Waals surface area contributed by atoms with Crippen molar-refractivity contribution in [2.75, 3.05) is 5.73 Å². The monoisotopic (exact) mass is 225 g/mol. The molecule has 2 N–H and O–H groups in total. The number of nitrogens with two attached hydrogens (primary N) is 1. The zero-order chi connectivity index (χ0) is 12.6. The summed E-state index contributed by atoms with van der Waals surface area (Å²) in [7, 11) is 0. The van der Waals surface area contributed by atoms with Crippen LogP contribution in [-0.2, 0) is 0 Å². The number of rotatable bonds is 1. The number of nitrogen functional groups attached to an aromatic ring is 1. The molecule has 0 atom stereocenters. The van der Waals surface area contributed by atoms with Crippen molar-refractivity contribution in [3.8, 4) is 11.1 Å². The molecule has 1 heteroatoms. The van der Waals surface area contributed by atoms with Crippen molar-refractivity contribution in [3.05, 3.63) is 52.6 Å². The van der Waals surface area contributed by atoms with Gasteiger partial charge in [0.2, 0.25) is 0 Å². The molecule has 0 fully saturated rings. The highest BCUT2D eigenvalue weighted by Crippen LogP contribution is 2.31. The van der Waals surface area contributed by atoms with Crippen LogP contribution in [0.3, 0.4) is 0 Å². The van der Waals surface area contributed by atoms with Crippen molar-refractivity contribution in [1.29, 1.82) is 0 Å². The first-order chi connectivity index (χ1) is 8.00. The Morgan fingerprint density at radius 3 is 1.94 bits per heavy atom. The fraction of sp³-hybridized carbons (Fsp3) is 0.250. The zero-order valence-corrected chi connectivity index (χ0v) is 11.0. The van der Waals surface area contributed by atoms with Crippen LogP contribution in [0.4, 0.5) is 5.69 Å². The number of aryl methyl sites for hydroxylation is 3. The second-order valence-electron chi connectivity index (χ2n) is 4.77. The van der Waals surface area contributed by atoms with Crippen LogP contribution in [0.25, 0.3) is 11.1 Å². The zero-order valence-electron chi connectivity index (χ0n) is 11.0. The Hall–Kier alpha value is -1.76. The fourth-order valence-corrected chi connectivity index (χ4v) is 2.30. The van der Waals surface area contributed by atoms with E-state index < -0.39 is 0 Å². The van der Waals surface area contributed by atoms with Crippen molar-refractivity contribution in [2.24, 2.45) is 0 Å². The molecule has 1 nitrogen and oxygen atoms in total. The van der Waals surface area contributed by atoms with Crippen LogP contribution in [0.15, 0.2) is 30.3 Å². The molecule has 0 bridgehead atoms. The average molecular weight is 225 g/mol. The van der Waals surface area contributed by atoms with Crippen molar-refractivity contribution in [2.45, 2.75) is 27.7 Å². The van der Waals surface area contributed by atoms with Gasteiger partial charge in [-0.2, -0.15) is 0 Å². The SMILES string of the molecule is Cc1cc(-c2c(C)cccc2C)cc(N)c1C. The van der Waals surface area contributed by atoms with Crippen LogP contribution in [0.2, 0.25) is 0 Å². The molecule has 0 radical (unpaired) electrons. The summed E-state index contributed by atoms with van der Waals surface area (Å²) in [6.45, 7) is 8.48. The molecule has 2 aromatic carbocycles. The summed E-state index contributed by atoms with van der Waals surface area (Å²) in [5.41, 5.74) is 14.5. The first-order valence-electron chi connectivity index (χ1n) is 5.94. The van der Waals surface area contributed by atoms with E-state index in [9.17, 15) is 0 Å². The smallest absolute Gasteiger partial charge is 0.0352 e. The topological polar surface area (TPSA) is 26.0 Å². The van der Waals surface area contributed by atoms with E-state index in [1.807, 2.05) is 0 Å². The fourth-order valence-electron chi connectivity index (χ4n) is 2.30. The Balaban J connectivity index is 2.69. The predicted molar refractivity (Wildman–Crippen MR) is 75.2 cm³/mol. The normalized spacial score (nSPS) is 10.6. The molecule has 0 saturated carbocycles. The van der Waals surface area contributed by atoms with Gasteiger partial charge >= 0.3 is 0 Å². The molecule has 0 aromatic heterocycles. The summed E-state index contributed by atoms with van der Waals surface area (Å²) in [6, 6.07) is 10.7. The maximum Gasteiger partial charge on any atom is 0.0352 e. The Bertz CT molecular complexity index is 524. The minimum atomic E-state index is 0.877. The van der Waals surface area contributed by atoms with Crippen LogP contribution in [0.5, 0.6) is 0 Å². The van der Waals surface area contributed by atoms with E-state index in [0.29, 0.717) is 0 Å². The van der Waals surface area contributed by atoms with Crippen molar-refractivity contribution in [3.63, 3.8) is 0 Å². The lowest BCUT2D eigenvalue weighted by molar-refractivity contribution is 1.32. The summed E-state index contributed by atoms with van der Waals surface area (Å²) in [4.78, 5) is 0. The largest absolute Gasteiger partial charge is 0.398 e. The first-order valence-corrected chi connectivity index (χ1v) is 5.94. The third kappa shape index (κ3) is 2.05. The lowest BCUT2D eigenvalue weighted by Crippen LogP contribution is -1.95. The highest BCUT2D eigenvalue weighted by atomic mass is 14.6. The Kier molecular flexibility index (Phi) is 2.93. The number of hydrogen-bond acceptors (Lipinski definition) is 1. The molecule has 0 aliphatic carbocycles. The van der Waals surface area contributed by atoms with Crippen LogP contribution in [0, 0.1) is 27.7 Å². The number of benzene rings is 2. The summed E-state index contributed by atoms with van der Waals surface area (Å²) in [5, 5.41) is 0. The molecule has 0 amide bonds. The first kappa shape index (κ1) is 11.7. The molecule has 0 aliphatic rings. The quantitative estimate of drug-likeness (QED) is 0.724. The molecule has 0 unspecified atom stereocenters. The maximum absolute atomic E-state index is 6.06. The van der Waals surface area contributed by atoms with E-state index in [2.05, 4.69) is 58.0 Å². The van der Waals surface area contributed by atoms with E-state index in [-0.39, 0.29) is 0 Å². The van der Waals surface area contributed by atoms with E-state index in [4.69, 9.17) is 5.73 Å². The van der Waals surface area contributed by atoms with Gasteiger partial charge in [-0.1, -0.05) is 24.3 Å². The van der Waals surface area contributed by atoms with E-state index >= 15 is 0 Å². The summed E-state index contributed by atoms with van der Waals surface area (Å²) in [6.07, 6.45) is 0. The summed E-state index contributed by atoms with van der Waals surface area (Å²) in [5.74, 6) is 0. The Labute approximate surface area is 103 Å². The molecule has 2 aromatic rings. The van der Waals surface area contributed by atoms with Gasteiger partial charge in [0.25, 0.3) is 0 Å². The van der Waals surface area contributed by atoms with Gasteiger partial charge in [-0.3, -0.25) is 0 Å². The van der Waals surface area contributed by atoms with E-state index in [0.717, 1.165) is 5.69 Å². The molecule has 0 spiro atoms. The summed E-state index contributed by atoms with van der Waals surface area (Å²) < 4.78 is 0. The molecule has 0 aliphatic heterocycles. The van der Waals surface area contributed by atoms with Crippen LogP contribution in [-0.4, -0.2) is 0 Å². The Morgan fingerprint density at radius 1 is 0.824 bits per heavy atom. The third-order valence-electron chi connectivity index (χ3n) is 3.48. The van der Waals surface area contributed by atoms with Gasteiger partial charge in [0.15, 0.2) is 0 Å². The van der Waals surface area contributed by atoms with Crippen LogP contribution in [0.1, 0.15) is 22.3 Å². The second kappa shape index (κ2) is 4.25. The molecule has 17 heavy (non-hydrogen) atoms. The minimum Gasteiger partial charge on any atom is -0.398 e. The summed E-state index contributed by atoms with van der Waals surface area (Å²) >= 11 is 0. The minimum absolute atomic E-state index is 0.877. The molecular weight excluding hydrogens is 206 g/mol. The molecular formula is C16H19N. The van der Waals surface area contributed by atoms with Crippen molar-refractivity contribution in [1.82, 2.24) is 0 Å². The van der Waals surface area contributed by atoms with E-state index in [1.165, 1.54) is 33.4 Å². The van der Waals surface area contributed by atoms with Gasteiger partial charge in [0.1, 0.15) is 0 Å². The average Bonchev–Trinajstić information content (AvgIpc) is 2.25. The molecule has 2 rings (SSSR count). The van der Waals surface area contributed by atoms with Crippen LogP contribution >= 0.6 is 0 Å². The van der Waals surface area contributed by atoms with Gasteiger partial charge in [0, 0.05) is 5.69 Å². The van der Waals surface area contributed by atoms with Gasteiger partial charge in [0.05, 0.1) is 0 Å². The molecule has 0 saturated heterocycles. The molecule has 88 valence electrons. The van der Waals surface area contributed by atoms with Gasteiger partial charge in [-0.05, 0) is 67.1 Å². The highest BCUT2D eigenvalue weighted by molar-refractivity contribution is 5.75. The third-order valence-corrected chi connectivity index (χ3v) is 3.48. The molecule has 0 heterocycles. The Morgan fingerprint density at radius 2 is 1.41 bits per heavy atom. The second-order valence-corrected chi connectivity index (χ2v) is 4.77. The van der Waals surface area contributed by atoms with E-state index in [1.54, 1.807) is 0 Å². The van der Waals surface area contributed by atoms with Gasteiger partial charge in [-0.15, -0.1) is 0 Å².